The average Bonchev–Trinajstić information content (AvgIpc) is 3.14. The fourth-order valence-electron chi connectivity index (χ4n) is 3.31. The first-order valence-electron chi connectivity index (χ1n) is 7.97. The third kappa shape index (κ3) is 3.47. The predicted octanol–water partition coefficient (Wildman–Crippen LogP) is 3.10. The lowest BCUT2D eigenvalue weighted by Gasteiger charge is -2.16. The summed E-state index contributed by atoms with van der Waals surface area (Å²) >= 11 is 1.36. The van der Waals surface area contributed by atoms with Gasteiger partial charge in [0.05, 0.1) is 16.5 Å². The van der Waals surface area contributed by atoms with E-state index in [0.29, 0.717) is 19.6 Å². The Labute approximate surface area is 144 Å². The van der Waals surface area contributed by atoms with Gasteiger partial charge in [0.1, 0.15) is 5.82 Å². The van der Waals surface area contributed by atoms with Crippen molar-refractivity contribution in [2.75, 3.05) is 13.1 Å². The number of likely N-dealkylation sites (tertiary alicyclic amines) is 1. The van der Waals surface area contributed by atoms with Crippen molar-refractivity contribution in [3.05, 3.63) is 46.2 Å². The Hall–Kier alpha value is -1.86. The van der Waals surface area contributed by atoms with E-state index in [0.717, 1.165) is 16.1 Å². The average molecular weight is 349 g/mol. The molecule has 7 heteroatoms. The van der Waals surface area contributed by atoms with Gasteiger partial charge in [0.2, 0.25) is 0 Å². The molecule has 1 aromatic carbocycles. The van der Waals surface area contributed by atoms with Crippen LogP contribution < -0.4 is 0 Å². The molecule has 0 bridgehead atoms. The van der Waals surface area contributed by atoms with Crippen molar-refractivity contribution in [2.45, 2.75) is 32.2 Å². The van der Waals surface area contributed by atoms with Gasteiger partial charge in [-0.2, -0.15) is 0 Å². The van der Waals surface area contributed by atoms with E-state index in [1.807, 2.05) is 0 Å². The summed E-state index contributed by atoms with van der Waals surface area (Å²) in [6, 6.07) is 6.26. The maximum absolute atomic E-state index is 13.5. The highest BCUT2D eigenvalue weighted by Crippen LogP contribution is 2.35. The fourth-order valence-corrected chi connectivity index (χ4v) is 4.14. The highest BCUT2D eigenvalue weighted by molar-refractivity contribution is 7.05. The molecular weight excluding hydrogens is 329 g/mol. The number of rotatable bonds is 5. The highest BCUT2D eigenvalue weighted by atomic mass is 32.1. The van der Waals surface area contributed by atoms with E-state index >= 15 is 0 Å². The Morgan fingerprint density at radius 2 is 2.25 bits per heavy atom. The maximum atomic E-state index is 13.5. The molecule has 2 atom stereocenters. The monoisotopic (exact) mass is 349 g/mol. The molecule has 0 saturated carbocycles. The first-order valence-corrected chi connectivity index (χ1v) is 8.74. The lowest BCUT2D eigenvalue weighted by molar-refractivity contribution is -0.141. The zero-order chi connectivity index (χ0) is 17.3. The van der Waals surface area contributed by atoms with Gasteiger partial charge in [-0.3, -0.25) is 9.69 Å². The van der Waals surface area contributed by atoms with Gasteiger partial charge in [-0.05, 0) is 35.1 Å². The number of carbonyl (C=O) groups is 1. The molecule has 3 rings (SSSR count). The van der Waals surface area contributed by atoms with E-state index in [2.05, 4.69) is 28.3 Å². The number of aliphatic carboxylic acids is 1. The summed E-state index contributed by atoms with van der Waals surface area (Å²) in [5.41, 5.74) is 1.72. The quantitative estimate of drug-likeness (QED) is 0.898. The van der Waals surface area contributed by atoms with Crippen LogP contribution in [0.2, 0.25) is 0 Å². The van der Waals surface area contributed by atoms with Crippen LogP contribution in [0.5, 0.6) is 0 Å². The molecule has 1 aliphatic heterocycles. The molecule has 2 aromatic rings. The molecule has 0 radical (unpaired) electrons. The SMILES string of the molecule is CC(C)c1nnsc1CN1C[C@H](C(=O)O)[C@@H](c2cccc(F)c2)C1. The molecule has 24 heavy (non-hydrogen) atoms. The van der Waals surface area contributed by atoms with Crippen LogP contribution in [0.1, 0.15) is 41.8 Å². The van der Waals surface area contributed by atoms with Gasteiger partial charge >= 0.3 is 5.97 Å². The van der Waals surface area contributed by atoms with Gasteiger partial charge in [-0.1, -0.05) is 30.5 Å². The predicted molar refractivity (Wildman–Crippen MR) is 89.5 cm³/mol. The summed E-state index contributed by atoms with van der Waals surface area (Å²) in [6.45, 7) is 5.82. The van der Waals surface area contributed by atoms with E-state index in [4.69, 9.17) is 0 Å². The Kier molecular flexibility index (Phi) is 4.91. The smallest absolute Gasteiger partial charge is 0.308 e. The molecule has 1 aliphatic rings. The van der Waals surface area contributed by atoms with Crippen LogP contribution in [0.25, 0.3) is 0 Å². The first kappa shape index (κ1) is 17.0. The van der Waals surface area contributed by atoms with Crippen LogP contribution >= 0.6 is 11.5 Å². The van der Waals surface area contributed by atoms with Crippen molar-refractivity contribution in [1.29, 1.82) is 0 Å². The second-order valence-electron chi connectivity index (χ2n) is 6.54. The summed E-state index contributed by atoms with van der Waals surface area (Å²) in [5, 5.41) is 13.7. The minimum absolute atomic E-state index is 0.207. The van der Waals surface area contributed by atoms with Crippen molar-refractivity contribution in [3.63, 3.8) is 0 Å². The molecule has 1 fully saturated rings. The summed E-state index contributed by atoms with van der Waals surface area (Å²) in [7, 11) is 0. The Morgan fingerprint density at radius 1 is 1.46 bits per heavy atom. The standard InChI is InChI=1S/C17H20FN3O2S/c1-10(2)16-15(24-20-19-16)9-21-7-13(14(8-21)17(22)23)11-4-3-5-12(18)6-11/h3-6,10,13-14H,7-9H2,1-2H3,(H,22,23)/t13-,14+/m1/s1. The number of nitrogens with zero attached hydrogens (tertiary/aromatic N) is 3. The molecule has 0 amide bonds. The van der Waals surface area contributed by atoms with E-state index in [1.54, 1.807) is 12.1 Å². The molecule has 128 valence electrons. The maximum Gasteiger partial charge on any atom is 0.308 e. The van der Waals surface area contributed by atoms with E-state index < -0.39 is 11.9 Å². The van der Waals surface area contributed by atoms with Crippen molar-refractivity contribution < 1.29 is 14.3 Å². The second kappa shape index (κ2) is 6.94. The molecule has 0 spiro atoms. The Morgan fingerprint density at radius 3 is 2.92 bits per heavy atom. The highest BCUT2D eigenvalue weighted by Gasteiger charge is 2.39. The van der Waals surface area contributed by atoms with Crippen molar-refractivity contribution in [2.24, 2.45) is 5.92 Å². The minimum atomic E-state index is -0.835. The molecule has 0 aliphatic carbocycles. The van der Waals surface area contributed by atoms with Crippen LogP contribution in [-0.2, 0) is 11.3 Å². The van der Waals surface area contributed by atoms with Crippen LogP contribution in [0.4, 0.5) is 4.39 Å². The van der Waals surface area contributed by atoms with Gasteiger partial charge in [0.25, 0.3) is 0 Å². The summed E-state index contributed by atoms with van der Waals surface area (Å²) in [5.74, 6) is -1.62. The summed E-state index contributed by atoms with van der Waals surface area (Å²) < 4.78 is 17.5. The lowest BCUT2D eigenvalue weighted by Crippen LogP contribution is -2.23. The van der Waals surface area contributed by atoms with Crippen LogP contribution in [0.3, 0.4) is 0 Å². The molecule has 0 unspecified atom stereocenters. The number of halogens is 1. The fraction of sp³-hybridized carbons (Fsp3) is 0.471. The van der Waals surface area contributed by atoms with E-state index in [9.17, 15) is 14.3 Å². The van der Waals surface area contributed by atoms with Gasteiger partial charge in [0, 0.05) is 25.6 Å². The van der Waals surface area contributed by atoms with E-state index in [-0.39, 0.29) is 17.7 Å². The van der Waals surface area contributed by atoms with Crippen molar-refractivity contribution in [3.8, 4) is 0 Å². The van der Waals surface area contributed by atoms with Crippen LogP contribution in [0, 0.1) is 11.7 Å². The number of carboxylic acid groups (broad SMARTS) is 1. The number of aromatic nitrogens is 2. The number of benzene rings is 1. The van der Waals surface area contributed by atoms with Crippen molar-refractivity contribution >= 4 is 17.5 Å². The summed E-state index contributed by atoms with van der Waals surface area (Å²) in [6.07, 6.45) is 0. The summed E-state index contributed by atoms with van der Waals surface area (Å²) in [4.78, 5) is 14.8. The third-order valence-corrected chi connectivity index (χ3v) is 5.21. The van der Waals surface area contributed by atoms with Crippen molar-refractivity contribution in [1.82, 2.24) is 14.5 Å². The molecular formula is C17H20FN3O2S. The van der Waals surface area contributed by atoms with Crippen LogP contribution in [-0.4, -0.2) is 38.7 Å². The zero-order valence-corrected chi connectivity index (χ0v) is 14.5. The van der Waals surface area contributed by atoms with Gasteiger partial charge in [-0.15, -0.1) is 5.10 Å². The Bertz CT molecular complexity index is 734. The Balaban J connectivity index is 1.80. The number of hydrogen-bond donors (Lipinski definition) is 1. The zero-order valence-electron chi connectivity index (χ0n) is 13.6. The molecule has 5 nitrogen and oxygen atoms in total. The lowest BCUT2D eigenvalue weighted by atomic mass is 9.89. The van der Waals surface area contributed by atoms with Crippen LogP contribution in [0.15, 0.2) is 24.3 Å². The first-order chi connectivity index (χ1) is 11.5. The van der Waals surface area contributed by atoms with Gasteiger partial charge in [-0.25, -0.2) is 4.39 Å². The molecule has 1 N–H and O–H groups in total. The minimum Gasteiger partial charge on any atom is -0.481 e. The largest absolute Gasteiger partial charge is 0.481 e. The number of hydrogen-bond acceptors (Lipinski definition) is 5. The normalized spacial score (nSPS) is 21.5. The number of carboxylic acids is 1. The van der Waals surface area contributed by atoms with Gasteiger partial charge in [0.15, 0.2) is 0 Å². The molecule has 1 aromatic heterocycles. The topological polar surface area (TPSA) is 66.3 Å². The van der Waals surface area contributed by atoms with Gasteiger partial charge < -0.3 is 5.11 Å². The molecule has 2 heterocycles. The third-order valence-electron chi connectivity index (χ3n) is 4.49. The molecule has 1 saturated heterocycles. The second-order valence-corrected chi connectivity index (χ2v) is 7.38. The van der Waals surface area contributed by atoms with E-state index in [1.165, 1.54) is 23.7 Å².